The molecule has 0 fully saturated rings. The van der Waals surface area contributed by atoms with Gasteiger partial charge in [-0.3, -0.25) is 4.79 Å². The number of rotatable bonds is 12. The summed E-state index contributed by atoms with van der Waals surface area (Å²) in [4.78, 5) is 10.9. The maximum absolute atomic E-state index is 11.7. The molecule has 0 aliphatic heterocycles. The molecule has 0 radical (unpaired) electrons. The summed E-state index contributed by atoms with van der Waals surface area (Å²) in [7, 11) is -3.47. The molecule has 0 aliphatic carbocycles. The minimum atomic E-state index is -3.47. The number of carboxylic acid groups (broad SMARTS) is 1. The fourth-order valence-corrected chi connectivity index (χ4v) is 3.22. The van der Waals surface area contributed by atoms with Crippen molar-refractivity contribution in [3.8, 4) is 0 Å². The normalized spacial score (nSPS) is 13.4. The van der Waals surface area contributed by atoms with Gasteiger partial charge in [-0.05, 0) is 12.8 Å². The molecule has 2 N–H and O–H groups in total. The molecule has 0 aliphatic rings. The molecule has 1 unspecified atom stereocenters. The molecule has 0 rings (SSSR count). The van der Waals surface area contributed by atoms with Crippen molar-refractivity contribution >= 4 is 16.0 Å². The molecule has 0 spiro atoms. The quantitative estimate of drug-likeness (QED) is 0.542. The summed E-state index contributed by atoms with van der Waals surface area (Å²) < 4.78 is 25.7. The standard InChI is InChI=1S/C13H27NO4S/c1-3-5-6-7-8-9-11-19(17,18)14-12(10-4-2)13(15)16/h12,14H,3-11H2,1-2H3,(H,15,16). The third-order valence-electron chi connectivity index (χ3n) is 2.96. The highest BCUT2D eigenvalue weighted by atomic mass is 32.2. The van der Waals surface area contributed by atoms with E-state index in [-0.39, 0.29) is 5.75 Å². The average Bonchev–Trinajstić information content (AvgIpc) is 2.32. The summed E-state index contributed by atoms with van der Waals surface area (Å²) >= 11 is 0. The Hall–Kier alpha value is -0.620. The molecule has 6 heteroatoms. The zero-order valence-electron chi connectivity index (χ0n) is 12.0. The molecular formula is C13H27NO4S. The van der Waals surface area contributed by atoms with Crippen LogP contribution in [0.2, 0.25) is 0 Å². The first-order chi connectivity index (χ1) is 8.93. The van der Waals surface area contributed by atoms with Gasteiger partial charge in [-0.25, -0.2) is 13.1 Å². The Bertz CT molecular complexity index is 341. The highest BCUT2D eigenvalue weighted by molar-refractivity contribution is 7.89. The third-order valence-corrected chi connectivity index (χ3v) is 4.43. The van der Waals surface area contributed by atoms with Gasteiger partial charge in [0.05, 0.1) is 5.75 Å². The minimum absolute atomic E-state index is 0.0205. The monoisotopic (exact) mass is 293 g/mol. The lowest BCUT2D eigenvalue weighted by molar-refractivity contribution is -0.139. The second-order valence-corrected chi connectivity index (χ2v) is 6.76. The van der Waals surface area contributed by atoms with E-state index in [2.05, 4.69) is 11.6 Å². The number of hydrogen-bond acceptors (Lipinski definition) is 3. The number of nitrogens with one attached hydrogen (secondary N) is 1. The number of carbonyl (C=O) groups is 1. The van der Waals surface area contributed by atoms with E-state index in [0.29, 0.717) is 19.3 Å². The topological polar surface area (TPSA) is 83.5 Å². The lowest BCUT2D eigenvalue weighted by atomic mass is 10.1. The number of hydrogen-bond donors (Lipinski definition) is 2. The first kappa shape index (κ1) is 18.4. The maximum Gasteiger partial charge on any atom is 0.321 e. The van der Waals surface area contributed by atoms with E-state index in [0.717, 1.165) is 25.7 Å². The molecule has 0 aromatic heterocycles. The largest absolute Gasteiger partial charge is 0.480 e. The first-order valence-corrected chi connectivity index (χ1v) is 8.81. The Morgan fingerprint density at radius 3 is 2.16 bits per heavy atom. The first-order valence-electron chi connectivity index (χ1n) is 7.15. The van der Waals surface area contributed by atoms with Crippen molar-refractivity contribution in [3.05, 3.63) is 0 Å². The van der Waals surface area contributed by atoms with Gasteiger partial charge in [0.1, 0.15) is 6.04 Å². The van der Waals surface area contributed by atoms with Crippen LogP contribution in [0.3, 0.4) is 0 Å². The molecule has 19 heavy (non-hydrogen) atoms. The molecule has 1 atom stereocenters. The molecule has 0 amide bonds. The Balaban J connectivity index is 3.99. The Kier molecular flexibility index (Phi) is 9.87. The van der Waals surface area contributed by atoms with Crippen LogP contribution in [0.5, 0.6) is 0 Å². The Morgan fingerprint density at radius 1 is 1.05 bits per heavy atom. The molecule has 0 bridgehead atoms. The smallest absolute Gasteiger partial charge is 0.321 e. The van der Waals surface area contributed by atoms with Crippen LogP contribution in [-0.2, 0) is 14.8 Å². The summed E-state index contributed by atoms with van der Waals surface area (Å²) in [5.41, 5.74) is 0. The molecule has 0 saturated heterocycles. The summed E-state index contributed by atoms with van der Waals surface area (Å²) in [5.74, 6) is -1.08. The van der Waals surface area contributed by atoms with E-state index < -0.39 is 22.0 Å². The van der Waals surface area contributed by atoms with Crippen molar-refractivity contribution in [2.45, 2.75) is 71.3 Å². The van der Waals surface area contributed by atoms with Gasteiger partial charge in [-0.15, -0.1) is 0 Å². The van der Waals surface area contributed by atoms with Crippen molar-refractivity contribution in [1.82, 2.24) is 4.72 Å². The lowest BCUT2D eigenvalue weighted by Gasteiger charge is -2.13. The summed E-state index contributed by atoms with van der Waals surface area (Å²) in [6.45, 7) is 3.96. The fourth-order valence-electron chi connectivity index (χ4n) is 1.87. The van der Waals surface area contributed by atoms with E-state index >= 15 is 0 Å². The average molecular weight is 293 g/mol. The molecule has 0 saturated carbocycles. The van der Waals surface area contributed by atoms with Crippen LogP contribution in [0.4, 0.5) is 0 Å². The summed E-state index contributed by atoms with van der Waals surface area (Å²) in [6.07, 6.45) is 6.96. The number of unbranched alkanes of at least 4 members (excludes halogenated alkanes) is 5. The van der Waals surface area contributed by atoms with E-state index in [1.807, 2.05) is 6.92 Å². The van der Waals surface area contributed by atoms with Crippen LogP contribution in [0.1, 0.15) is 65.2 Å². The van der Waals surface area contributed by atoms with Crippen molar-refractivity contribution in [3.63, 3.8) is 0 Å². The molecule has 0 heterocycles. The highest BCUT2D eigenvalue weighted by Gasteiger charge is 2.22. The second kappa shape index (κ2) is 10.2. The van der Waals surface area contributed by atoms with Gasteiger partial charge in [0.25, 0.3) is 0 Å². The predicted molar refractivity (Wildman–Crippen MR) is 76.6 cm³/mol. The molecule has 5 nitrogen and oxygen atoms in total. The lowest BCUT2D eigenvalue weighted by Crippen LogP contribution is -2.41. The van der Waals surface area contributed by atoms with Gasteiger partial charge in [-0.1, -0.05) is 52.4 Å². The zero-order valence-corrected chi connectivity index (χ0v) is 12.8. The van der Waals surface area contributed by atoms with Gasteiger partial charge in [0, 0.05) is 0 Å². The van der Waals surface area contributed by atoms with Crippen molar-refractivity contribution in [2.24, 2.45) is 0 Å². The van der Waals surface area contributed by atoms with E-state index in [9.17, 15) is 13.2 Å². The third kappa shape index (κ3) is 9.90. The van der Waals surface area contributed by atoms with Crippen LogP contribution < -0.4 is 4.72 Å². The fraction of sp³-hybridized carbons (Fsp3) is 0.923. The molecular weight excluding hydrogens is 266 g/mol. The minimum Gasteiger partial charge on any atom is -0.480 e. The van der Waals surface area contributed by atoms with Crippen LogP contribution in [0.25, 0.3) is 0 Å². The van der Waals surface area contributed by atoms with E-state index in [4.69, 9.17) is 5.11 Å². The van der Waals surface area contributed by atoms with Crippen LogP contribution in [-0.4, -0.2) is 31.3 Å². The van der Waals surface area contributed by atoms with E-state index in [1.165, 1.54) is 6.42 Å². The Labute approximate surface area is 116 Å². The van der Waals surface area contributed by atoms with Gasteiger partial charge in [0.15, 0.2) is 0 Å². The van der Waals surface area contributed by atoms with Gasteiger partial charge in [-0.2, -0.15) is 0 Å². The van der Waals surface area contributed by atoms with Gasteiger partial charge < -0.3 is 5.11 Å². The van der Waals surface area contributed by atoms with E-state index in [1.54, 1.807) is 0 Å². The summed E-state index contributed by atoms with van der Waals surface area (Å²) in [6, 6.07) is -0.991. The molecule has 0 aromatic rings. The van der Waals surface area contributed by atoms with Crippen molar-refractivity contribution in [1.29, 1.82) is 0 Å². The number of carboxylic acids is 1. The van der Waals surface area contributed by atoms with Crippen LogP contribution in [0.15, 0.2) is 0 Å². The number of sulfonamides is 1. The SMILES string of the molecule is CCCCCCCCS(=O)(=O)NC(CCC)C(=O)O. The predicted octanol–water partition coefficient (Wildman–Crippen LogP) is 2.52. The maximum atomic E-state index is 11.7. The van der Waals surface area contributed by atoms with Crippen LogP contribution in [0, 0.1) is 0 Å². The molecule has 0 aromatic carbocycles. The highest BCUT2D eigenvalue weighted by Crippen LogP contribution is 2.07. The van der Waals surface area contributed by atoms with Gasteiger partial charge in [0.2, 0.25) is 10.0 Å². The van der Waals surface area contributed by atoms with Crippen molar-refractivity contribution < 1.29 is 18.3 Å². The Morgan fingerprint density at radius 2 is 1.63 bits per heavy atom. The molecule has 114 valence electrons. The van der Waals surface area contributed by atoms with Crippen molar-refractivity contribution in [2.75, 3.05) is 5.75 Å². The second-order valence-electron chi connectivity index (χ2n) is 4.88. The van der Waals surface area contributed by atoms with Crippen LogP contribution >= 0.6 is 0 Å². The zero-order chi connectivity index (χ0) is 14.7. The number of aliphatic carboxylic acids is 1. The summed E-state index contributed by atoms with van der Waals surface area (Å²) in [5, 5.41) is 8.91. The van der Waals surface area contributed by atoms with Gasteiger partial charge >= 0.3 is 5.97 Å².